The molecule has 1 aromatic rings. The lowest BCUT2D eigenvalue weighted by Crippen LogP contribution is -1.98. The molecule has 2 nitrogen and oxygen atoms in total. The second kappa shape index (κ2) is 3.30. The largest absolute Gasteiger partial charge is 0.493 e. The highest BCUT2D eigenvalue weighted by Gasteiger charge is 2.02. The maximum Gasteiger partial charge on any atom is 0.118 e. The van der Waals surface area contributed by atoms with Crippen LogP contribution in [0.5, 0.6) is 0 Å². The molecule has 0 saturated heterocycles. The summed E-state index contributed by atoms with van der Waals surface area (Å²) in [7, 11) is 0. The molecule has 1 aromatic carbocycles. The van der Waals surface area contributed by atoms with E-state index in [-0.39, 0.29) is 0 Å². The first-order valence-corrected chi connectivity index (χ1v) is 3.92. The van der Waals surface area contributed by atoms with Gasteiger partial charge in [-0.05, 0) is 11.1 Å². The average Bonchev–Trinajstić information content (AvgIpc) is 2.06. The van der Waals surface area contributed by atoms with Crippen LogP contribution in [0.4, 0.5) is 0 Å². The van der Waals surface area contributed by atoms with Crippen LogP contribution < -0.4 is 0 Å². The van der Waals surface area contributed by atoms with Crippen molar-refractivity contribution in [1.82, 2.24) is 0 Å². The van der Waals surface area contributed by atoms with Gasteiger partial charge in [-0.15, -0.1) is 0 Å². The van der Waals surface area contributed by atoms with Gasteiger partial charge < -0.3 is 9.47 Å². The van der Waals surface area contributed by atoms with E-state index < -0.39 is 0 Å². The molecule has 0 saturated carbocycles. The highest BCUT2D eigenvalue weighted by atomic mass is 16.5. The fourth-order valence-corrected chi connectivity index (χ4v) is 1.19. The Balaban J connectivity index is 2.29. The van der Waals surface area contributed by atoms with E-state index in [2.05, 4.69) is 12.1 Å². The maximum atomic E-state index is 5.20. The predicted octanol–water partition coefficient (Wildman–Crippen LogP) is 2.20. The molecule has 1 aliphatic heterocycles. The van der Waals surface area contributed by atoms with Crippen molar-refractivity contribution in [3.8, 4) is 0 Å². The molecule has 0 aliphatic carbocycles. The van der Waals surface area contributed by atoms with Gasteiger partial charge >= 0.3 is 0 Å². The van der Waals surface area contributed by atoms with Crippen LogP contribution in [0.25, 0.3) is 0 Å². The molecule has 0 fully saturated rings. The standard InChI is InChI=1S/C10H10O2/c1-2-4-10-8-12-6-5-11-7-9(10)3-1/h1-6H,7-8H2/b6-5-. The van der Waals surface area contributed by atoms with Crippen LogP contribution in [0.3, 0.4) is 0 Å². The number of hydrogen-bond donors (Lipinski definition) is 0. The van der Waals surface area contributed by atoms with Gasteiger partial charge in [-0.3, -0.25) is 0 Å². The third kappa shape index (κ3) is 1.42. The summed E-state index contributed by atoms with van der Waals surface area (Å²) in [4.78, 5) is 0. The highest BCUT2D eigenvalue weighted by Crippen LogP contribution is 2.13. The van der Waals surface area contributed by atoms with Gasteiger partial charge in [0, 0.05) is 0 Å². The molecular formula is C10H10O2. The summed E-state index contributed by atoms with van der Waals surface area (Å²) in [6.45, 7) is 1.27. The first kappa shape index (κ1) is 7.22. The summed E-state index contributed by atoms with van der Waals surface area (Å²) in [5, 5.41) is 0. The van der Waals surface area contributed by atoms with E-state index >= 15 is 0 Å². The fraction of sp³-hybridized carbons (Fsp3) is 0.200. The molecule has 1 heterocycles. The lowest BCUT2D eigenvalue weighted by atomic mass is 10.1. The molecule has 0 unspecified atom stereocenters. The second-order valence-electron chi connectivity index (χ2n) is 2.66. The maximum absolute atomic E-state index is 5.20. The molecule has 0 atom stereocenters. The van der Waals surface area contributed by atoms with Crippen LogP contribution in [-0.2, 0) is 22.7 Å². The lowest BCUT2D eigenvalue weighted by molar-refractivity contribution is 0.173. The predicted molar refractivity (Wildman–Crippen MR) is 45.2 cm³/mol. The van der Waals surface area contributed by atoms with E-state index in [1.807, 2.05) is 12.1 Å². The summed E-state index contributed by atoms with van der Waals surface area (Å²) in [6.07, 6.45) is 3.16. The van der Waals surface area contributed by atoms with Crippen molar-refractivity contribution in [3.63, 3.8) is 0 Å². The second-order valence-corrected chi connectivity index (χ2v) is 2.66. The highest BCUT2D eigenvalue weighted by molar-refractivity contribution is 5.26. The Labute approximate surface area is 71.4 Å². The SMILES string of the molecule is C1=C\OCc2ccccc2CO/1. The average molecular weight is 162 g/mol. The van der Waals surface area contributed by atoms with Crippen molar-refractivity contribution < 1.29 is 9.47 Å². The third-order valence-corrected chi connectivity index (χ3v) is 1.84. The molecule has 0 amide bonds. The van der Waals surface area contributed by atoms with E-state index in [1.165, 1.54) is 11.1 Å². The molecular weight excluding hydrogens is 152 g/mol. The Morgan fingerprint density at radius 1 is 0.833 bits per heavy atom. The van der Waals surface area contributed by atoms with Crippen molar-refractivity contribution in [3.05, 3.63) is 47.9 Å². The zero-order valence-electron chi connectivity index (χ0n) is 6.69. The minimum absolute atomic E-state index is 0.635. The van der Waals surface area contributed by atoms with Gasteiger partial charge in [-0.1, -0.05) is 24.3 Å². The first-order valence-electron chi connectivity index (χ1n) is 3.92. The van der Waals surface area contributed by atoms with Crippen LogP contribution in [0.1, 0.15) is 11.1 Å². The molecule has 0 bridgehead atoms. The normalized spacial score (nSPS) is 17.7. The molecule has 2 rings (SSSR count). The molecule has 0 N–H and O–H groups in total. The van der Waals surface area contributed by atoms with E-state index in [9.17, 15) is 0 Å². The Morgan fingerprint density at radius 2 is 1.33 bits per heavy atom. The van der Waals surface area contributed by atoms with E-state index in [0.29, 0.717) is 13.2 Å². The van der Waals surface area contributed by atoms with Gasteiger partial charge in [0.25, 0.3) is 0 Å². The molecule has 12 heavy (non-hydrogen) atoms. The van der Waals surface area contributed by atoms with Gasteiger partial charge in [-0.25, -0.2) is 0 Å². The van der Waals surface area contributed by atoms with Gasteiger partial charge in [0.1, 0.15) is 25.7 Å². The van der Waals surface area contributed by atoms with E-state index in [4.69, 9.17) is 9.47 Å². The van der Waals surface area contributed by atoms with Gasteiger partial charge in [-0.2, -0.15) is 0 Å². The Bertz CT molecular complexity index is 263. The zero-order valence-corrected chi connectivity index (χ0v) is 6.69. The number of hydrogen-bond acceptors (Lipinski definition) is 2. The Hall–Kier alpha value is -1.44. The summed E-state index contributed by atoms with van der Waals surface area (Å²) < 4.78 is 10.4. The molecule has 62 valence electrons. The van der Waals surface area contributed by atoms with E-state index in [1.54, 1.807) is 12.5 Å². The summed E-state index contributed by atoms with van der Waals surface area (Å²) in [5.74, 6) is 0. The van der Waals surface area contributed by atoms with Crippen molar-refractivity contribution in [2.75, 3.05) is 0 Å². The lowest BCUT2D eigenvalue weighted by Gasteiger charge is -2.11. The van der Waals surface area contributed by atoms with Crippen LogP contribution in [0, 0.1) is 0 Å². The van der Waals surface area contributed by atoms with Crippen molar-refractivity contribution in [1.29, 1.82) is 0 Å². The number of fused-ring (bicyclic) bond motifs is 1. The number of rotatable bonds is 0. The van der Waals surface area contributed by atoms with Crippen LogP contribution in [0.2, 0.25) is 0 Å². The molecule has 0 spiro atoms. The number of benzene rings is 1. The van der Waals surface area contributed by atoms with E-state index in [0.717, 1.165) is 0 Å². The van der Waals surface area contributed by atoms with Crippen molar-refractivity contribution in [2.45, 2.75) is 13.2 Å². The Kier molecular flexibility index (Phi) is 1.99. The van der Waals surface area contributed by atoms with Gasteiger partial charge in [0.15, 0.2) is 0 Å². The van der Waals surface area contributed by atoms with Crippen molar-refractivity contribution in [2.24, 2.45) is 0 Å². The summed E-state index contributed by atoms with van der Waals surface area (Å²) in [5.41, 5.74) is 2.39. The number of ether oxygens (including phenoxy) is 2. The van der Waals surface area contributed by atoms with Gasteiger partial charge in [0.05, 0.1) is 0 Å². The third-order valence-electron chi connectivity index (χ3n) is 1.84. The first-order chi connectivity index (χ1) is 5.97. The Morgan fingerprint density at radius 3 is 1.83 bits per heavy atom. The van der Waals surface area contributed by atoms with Crippen LogP contribution in [-0.4, -0.2) is 0 Å². The van der Waals surface area contributed by atoms with Crippen LogP contribution in [0.15, 0.2) is 36.8 Å². The van der Waals surface area contributed by atoms with Gasteiger partial charge in [0.2, 0.25) is 0 Å². The quantitative estimate of drug-likeness (QED) is 0.582. The minimum Gasteiger partial charge on any atom is -0.493 e. The summed E-state index contributed by atoms with van der Waals surface area (Å²) >= 11 is 0. The smallest absolute Gasteiger partial charge is 0.118 e. The molecule has 0 radical (unpaired) electrons. The molecule has 2 heteroatoms. The minimum atomic E-state index is 0.635. The summed E-state index contributed by atoms with van der Waals surface area (Å²) in [6, 6.07) is 8.12. The fourth-order valence-electron chi connectivity index (χ4n) is 1.19. The zero-order chi connectivity index (χ0) is 8.23. The van der Waals surface area contributed by atoms with Crippen LogP contribution >= 0.6 is 0 Å². The van der Waals surface area contributed by atoms with Crippen molar-refractivity contribution >= 4 is 0 Å². The molecule has 0 aromatic heterocycles. The molecule has 1 aliphatic rings. The topological polar surface area (TPSA) is 18.5 Å². The monoisotopic (exact) mass is 162 g/mol.